The molecule has 0 saturated carbocycles. The van der Waals surface area contributed by atoms with Gasteiger partial charge in [-0.2, -0.15) is 0 Å². The van der Waals surface area contributed by atoms with E-state index in [0.717, 1.165) is 19.5 Å². The lowest BCUT2D eigenvalue weighted by molar-refractivity contribution is -0.135. The van der Waals surface area contributed by atoms with Gasteiger partial charge in [-0.3, -0.25) is 15.0 Å². The number of hydrogen-bond acceptors (Lipinski definition) is 5. The standard InChI is InChI=1S/C18H24ClN5O2.ClH/c19-13-3-1-12(2-4-13)17(25)23-7-9-24(10-8-23)18(26)16-14-11-20-6-5-15(14)21-22-16;/h1-4,14-16,20-22H,5-11H2;1H. The average molecular weight is 414 g/mol. The number of carbonyl (C=O) groups is 2. The van der Waals surface area contributed by atoms with Gasteiger partial charge in [0.25, 0.3) is 5.91 Å². The monoisotopic (exact) mass is 413 g/mol. The molecule has 27 heavy (non-hydrogen) atoms. The largest absolute Gasteiger partial charge is 0.338 e. The highest BCUT2D eigenvalue weighted by Crippen LogP contribution is 2.22. The Bertz CT molecular complexity index is 679. The molecule has 3 aliphatic rings. The van der Waals surface area contributed by atoms with Gasteiger partial charge in [0.2, 0.25) is 5.91 Å². The van der Waals surface area contributed by atoms with Crippen molar-refractivity contribution in [3.05, 3.63) is 34.9 Å². The third-order valence-corrected chi connectivity index (χ3v) is 5.87. The Balaban J connectivity index is 0.00000210. The highest BCUT2D eigenvalue weighted by atomic mass is 35.5. The average Bonchev–Trinajstić information content (AvgIpc) is 3.12. The van der Waals surface area contributed by atoms with Crippen LogP contribution < -0.4 is 16.2 Å². The third-order valence-electron chi connectivity index (χ3n) is 5.62. The second-order valence-electron chi connectivity index (χ2n) is 7.15. The van der Waals surface area contributed by atoms with Crippen molar-refractivity contribution in [2.45, 2.75) is 18.5 Å². The highest BCUT2D eigenvalue weighted by molar-refractivity contribution is 6.30. The van der Waals surface area contributed by atoms with E-state index in [-0.39, 0.29) is 36.2 Å². The summed E-state index contributed by atoms with van der Waals surface area (Å²) in [6.07, 6.45) is 1.03. The smallest absolute Gasteiger partial charge is 0.253 e. The molecule has 0 aromatic heterocycles. The number of nitrogens with zero attached hydrogens (tertiary/aromatic N) is 2. The van der Waals surface area contributed by atoms with E-state index in [1.807, 2.05) is 4.90 Å². The molecule has 4 rings (SSSR count). The summed E-state index contributed by atoms with van der Waals surface area (Å²) in [6.45, 7) is 4.10. The van der Waals surface area contributed by atoms with Crippen molar-refractivity contribution in [1.82, 2.24) is 26.0 Å². The molecule has 3 unspecified atom stereocenters. The first-order valence-electron chi connectivity index (χ1n) is 9.19. The molecule has 1 aromatic carbocycles. The lowest BCUT2D eigenvalue weighted by atomic mass is 9.89. The Labute approximate surface area is 170 Å². The Morgan fingerprint density at radius 3 is 2.37 bits per heavy atom. The zero-order valence-corrected chi connectivity index (χ0v) is 16.6. The summed E-state index contributed by atoms with van der Waals surface area (Å²) < 4.78 is 0. The number of carbonyl (C=O) groups excluding carboxylic acids is 2. The van der Waals surface area contributed by atoms with E-state index in [4.69, 9.17) is 11.6 Å². The number of rotatable bonds is 2. The Morgan fingerprint density at radius 1 is 1.00 bits per heavy atom. The predicted octanol–water partition coefficient (Wildman–Crippen LogP) is 0.501. The summed E-state index contributed by atoms with van der Waals surface area (Å²) in [5.74, 6) is 0.406. The number of piperazine rings is 1. The highest BCUT2D eigenvalue weighted by Gasteiger charge is 2.43. The molecule has 3 aliphatic heterocycles. The number of piperidine rings is 1. The van der Waals surface area contributed by atoms with Crippen LogP contribution in [0.4, 0.5) is 0 Å². The molecule has 9 heteroatoms. The summed E-state index contributed by atoms with van der Waals surface area (Å²) >= 11 is 5.88. The van der Waals surface area contributed by atoms with Gasteiger partial charge in [0.05, 0.1) is 0 Å². The number of fused-ring (bicyclic) bond motifs is 1. The van der Waals surface area contributed by atoms with Gasteiger partial charge in [0, 0.05) is 55.3 Å². The fourth-order valence-corrected chi connectivity index (χ4v) is 4.19. The van der Waals surface area contributed by atoms with Crippen LogP contribution in [0.3, 0.4) is 0 Å². The van der Waals surface area contributed by atoms with Crippen LogP contribution in [0.1, 0.15) is 16.8 Å². The molecule has 3 saturated heterocycles. The molecule has 0 radical (unpaired) electrons. The fourth-order valence-electron chi connectivity index (χ4n) is 4.06. The van der Waals surface area contributed by atoms with Crippen LogP contribution in [0.25, 0.3) is 0 Å². The maximum Gasteiger partial charge on any atom is 0.253 e. The zero-order chi connectivity index (χ0) is 18.1. The van der Waals surface area contributed by atoms with E-state index in [9.17, 15) is 9.59 Å². The van der Waals surface area contributed by atoms with Crippen LogP contribution in [0.5, 0.6) is 0 Å². The fraction of sp³-hybridized carbons (Fsp3) is 0.556. The molecule has 3 fully saturated rings. The van der Waals surface area contributed by atoms with Gasteiger partial charge < -0.3 is 15.1 Å². The molecule has 148 valence electrons. The normalized spacial score (nSPS) is 27.7. The van der Waals surface area contributed by atoms with E-state index in [0.29, 0.717) is 42.8 Å². The lowest BCUT2D eigenvalue weighted by Crippen LogP contribution is -2.56. The Hall–Kier alpha value is -1.38. The zero-order valence-electron chi connectivity index (χ0n) is 15.0. The SMILES string of the molecule is Cl.O=C(c1ccc(Cl)cc1)N1CCN(C(=O)C2NNC3CCNCC32)CC1. The van der Waals surface area contributed by atoms with Gasteiger partial charge in [-0.1, -0.05) is 11.6 Å². The van der Waals surface area contributed by atoms with Crippen molar-refractivity contribution in [3.63, 3.8) is 0 Å². The quantitative estimate of drug-likeness (QED) is 0.657. The first kappa shape index (κ1) is 20.4. The summed E-state index contributed by atoms with van der Waals surface area (Å²) in [6, 6.07) is 7.10. The van der Waals surface area contributed by atoms with E-state index >= 15 is 0 Å². The summed E-state index contributed by atoms with van der Waals surface area (Å²) in [5.41, 5.74) is 7.09. The molecule has 0 aliphatic carbocycles. The first-order chi connectivity index (χ1) is 12.6. The van der Waals surface area contributed by atoms with Crippen LogP contribution >= 0.6 is 24.0 Å². The van der Waals surface area contributed by atoms with Gasteiger partial charge >= 0.3 is 0 Å². The molecule has 1 aromatic rings. The van der Waals surface area contributed by atoms with Crippen LogP contribution in [-0.2, 0) is 4.79 Å². The summed E-state index contributed by atoms with van der Waals surface area (Å²) in [7, 11) is 0. The van der Waals surface area contributed by atoms with Crippen molar-refractivity contribution in [2.24, 2.45) is 5.92 Å². The second kappa shape index (κ2) is 8.75. The van der Waals surface area contributed by atoms with E-state index in [1.165, 1.54) is 0 Å². The Kier molecular flexibility index (Phi) is 6.60. The van der Waals surface area contributed by atoms with Gasteiger partial charge in [-0.25, -0.2) is 5.43 Å². The molecule has 7 nitrogen and oxygen atoms in total. The number of amides is 2. The van der Waals surface area contributed by atoms with Crippen LogP contribution in [0.2, 0.25) is 5.02 Å². The first-order valence-corrected chi connectivity index (χ1v) is 9.56. The van der Waals surface area contributed by atoms with Crippen LogP contribution in [0.15, 0.2) is 24.3 Å². The molecular formula is C18H25Cl2N5O2. The van der Waals surface area contributed by atoms with Gasteiger partial charge in [0.15, 0.2) is 0 Å². The van der Waals surface area contributed by atoms with Gasteiger partial charge in [-0.15, -0.1) is 12.4 Å². The molecule has 3 N–H and O–H groups in total. The molecule has 3 atom stereocenters. The van der Waals surface area contributed by atoms with Crippen molar-refractivity contribution < 1.29 is 9.59 Å². The third kappa shape index (κ3) is 4.22. The number of benzene rings is 1. The van der Waals surface area contributed by atoms with Crippen molar-refractivity contribution in [2.75, 3.05) is 39.3 Å². The van der Waals surface area contributed by atoms with Gasteiger partial charge in [0.1, 0.15) is 6.04 Å². The van der Waals surface area contributed by atoms with E-state index < -0.39 is 0 Å². The predicted molar refractivity (Wildman–Crippen MR) is 106 cm³/mol. The maximum atomic E-state index is 12.9. The minimum Gasteiger partial charge on any atom is -0.338 e. The molecular weight excluding hydrogens is 389 g/mol. The molecule has 0 bridgehead atoms. The number of halogens is 2. The topological polar surface area (TPSA) is 76.7 Å². The summed E-state index contributed by atoms with van der Waals surface area (Å²) in [4.78, 5) is 29.2. The maximum absolute atomic E-state index is 12.9. The van der Waals surface area contributed by atoms with Crippen molar-refractivity contribution in [3.8, 4) is 0 Å². The molecule has 2 amide bonds. The number of hydrazine groups is 1. The van der Waals surface area contributed by atoms with E-state index in [1.54, 1.807) is 29.2 Å². The minimum absolute atomic E-state index is 0. The second-order valence-corrected chi connectivity index (χ2v) is 7.59. The van der Waals surface area contributed by atoms with Crippen LogP contribution in [0, 0.1) is 5.92 Å². The lowest BCUT2D eigenvalue weighted by Gasteiger charge is -2.37. The number of hydrogen-bond donors (Lipinski definition) is 3. The minimum atomic E-state index is -0.189. The summed E-state index contributed by atoms with van der Waals surface area (Å²) in [5, 5.41) is 3.99. The molecule has 0 spiro atoms. The number of nitrogens with one attached hydrogen (secondary N) is 3. The van der Waals surface area contributed by atoms with Gasteiger partial charge in [-0.05, 0) is 37.2 Å². The van der Waals surface area contributed by atoms with E-state index in [2.05, 4.69) is 16.2 Å². The van der Waals surface area contributed by atoms with Crippen LogP contribution in [-0.4, -0.2) is 73.0 Å². The molecule has 3 heterocycles. The van der Waals surface area contributed by atoms with Crippen molar-refractivity contribution >= 4 is 35.8 Å². The Morgan fingerprint density at radius 2 is 1.67 bits per heavy atom. The van der Waals surface area contributed by atoms with Crippen molar-refractivity contribution in [1.29, 1.82) is 0 Å².